The summed E-state index contributed by atoms with van der Waals surface area (Å²) in [5.41, 5.74) is 6.70. The van der Waals surface area contributed by atoms with Crippen molar-refractivity contribution >= 4 is 34.6 Å². The Morgan fingerprint density at radius 2 is 1.89 bits per heavy atom. The fourth-order valence-electron chi connectivity index (χ4n) is 3.26. The van der Waals surface area contributed by atoms with Crippen LogP contribution >= 0.6 is 0 Å². The smallest absolute Gasteiger partial charge is 0.386 e. The first-order valence-corrected chi connectivity index (χ1v) is 8.52. The van der Waals surface area contributed by atoms with E-state index in [0.717, 1.165) is 0 Å². The Hall–Kier alpha value is -3.11. The monoisotopic (exact) mass is 398 g/mol. The number of pyridine rings is 1. The van der Waals surface area contributed by atoms with Gasteiger partial charge in [0.25, 0.3) is 5.91 Å². The number of carbonyl (C=O) groups is 3. The average molecular weight is 398 g/mol. The van der Waals surface area contributed by atoms with Crippen LogP contribution < -0.4 is 11.1 Å². The zero-order valence-corrected chi connectivity index (χ0v) is 14.5. The lowest BCUT2D eigenvalue weighted by atomic mass is 9.86. The van der Waals surface area contributed by atoms with Crippen LogP contribution in [0.25, 0.3) is 11.0 Å². The van der Waals surface area contributed by atoms with E-state index in [1.807, 2.05) is 0 Å². The molecule has 3 rings (SSSR count). The lowest BCUT2D eigenvalue weighted by Gasteiger charge is -2.29. The number of nitrogens with two attached hydrogens (primary N) is 1. The molecule has 2 aromatic rings. The maximum Gasteiger partial charge on any atom is 0.491 e. The van der Waals surface area contributed by atoms with Crippen molar-refractivity contribution < 1.29 is 32.3 Å². The van der Waals surface area contributed by atoms with Gasteiger partial charge in [0.1, 0.15) is 5.65 Å². The highest BCUT2D eigenvalue weighted by Gasteiger charge is 2.43. The molecule has 0 spiro atoms. The van der Waals surface area contributed by atoms with Gasteiger partial charge in [0.15, 0.2) is 0 Å². The highest BCUT2D eigenvalue weighted by atomic mass is 19.4. The summed E-state index contributed by atoms with van der Waals surface area (Å²) < 4.78 is 40.5. The molecule has 0 aromatic carbocycles. The van der Waals surface area contributed by atoms with Crippen LogP contribution in [-0.2, 0) is 14.3 Å². The number of aromatic nitrogens is 2. The van der Waals surface area contributed by atoms with Crippen LogP contribution in [0.15, 0.2) is 18.5 Å². The summed E-state index contributed by atoms with van der Waals surface area (Å²) in [5.74, 6) is -5.11. The van der Waals surface area contributed by atoms with Crippen LogP contribution in [0.2, 0.25) is 0 Å². The second-order valence-electron chi connectivity index (χ2n) is 6.55. The maximum atomic E-state index is 12.2. The summed E-state index contributed by atoms with van der Waals surface area (Å²) >= 11 is 0. The summed E-state index contributed by atoms with van der Waals surface area (Å²) in [6.07, 6.45) is -0.821. The highest BCUT2D eigenvalue weighted by molar-refractivity contribution is 6.06. The first-order chi connectivity index (χ1) is 13.2. The molecule has 0 radical (unpaired) electrons. The molecule has 0 saturated heterocycles. The van der Waals surface area contributed by atoms with Crippen molar-refractivity contribution in [3.63, 3.8) is 0 Å². The van der Waals surface area contributed by atoms with Crippen molar-refractivity contribution in [1.29, 1.82) is 0 Å². The molecule has 150 valence electrons. The van der Waals surface area contributed by atoms with Crippen LogP contribution in [0.1, 0.15) is 36.0 Å². The van der Waals surface area contributed by atoms with Gasteiger partial charge in [0.05, 0.1) is 17.2 Å². The third-order valence-electron chi connectivity index (χ3n) is 4.69. The molecule has 11 heteroatoms. The zero-order chi connectivity index (χ0) is 20.5. The highest BCUT2D eigenvalue weighted by Crippen LogP contribution is 2.32. The predicted octanol–water partition coefficient (Wildman–Crippen LogP) is 2.26. The van der Waals surface area contributed by atoms with Crippen molar-refractivity contribution in [3.8, 4) is 0 Å². The Morgan fingerprint density at radius 1 is 1.21 bits per heavy atom. The Bertz CT molecular complexity index is 917. The van der Waals surface area contributed by atoms with Gasteiger partial charge in [-0.25, -0.2) is 9.78 Å². The van der Waals surface area contributed by atoms with Gasteiger partial charge in [0, 0.05) is 23.8 Å². The number of hydrogen-bond acceptors (Lipinski definition) is 6. The van der Waals surface area contributed by atoms with Gasteiger partial charge in [-0.15, -0.1) is 0 Å². The quantitative estimate of drug-likeness (QED) is 0.536. The van der Waals surface area contributed by atoms with Gasteiger partial charge in [-0.05, 0) is 31.7 Å². The summed E-state index contributed by atoms with van der Waals surface area (Å²) in [6.45, 7) is 0. The molecule has 2 aromatic heterocycles. The number of ether oxygens (including phenoxy) is 1. The average Bonchev–Trinajstić information content (AvgIpc) is 3.10. The van der Waals surface area contributed by atoms with Crippen molar-refractivity contribution in [2.24, 2.45) is 11.7 Å². The van der Waals surface area contributed by atoms with Gasteiger partial charge in [-0.3, -0.25) is 9.59 Å². The molecule has 1 aliphatic rings. The van der Waals surface area contributed by atoms with Crippen molar-refractivity contribution in [2.75, 3.05) is 5.32 Å². The van der Waals surface area contributed by atoms with Gasteiger partial charge >= 0.3 is 18.1 Å². The van der Waals surface area contributed by atoms with E-state index in [1.165, 1.54) is 6.20 Å². The second-order valence-corrected chi connectivity index (χ2v) is 6.55. The van der Waals surface area contributed by atoms with E-state index >= 15 is 0 Å². The molecule has 1 fully saturated rings. The predicted molar refractivity (Wildman–Crippen MR) is 91.1 cm³/mol. The van der Waals surface area contributed by atoms with E-state index in [2.05, 4.69) is 20.0 Å². The molecule has 0 atom stereocenters. The third-order valence-corrected chi connectivity index (χ3v) is 4.69. The molecule has 28 heavy (non-hydrogen) atoms. The molecular weight excluding hydrogens is 381 g/mol. The summed E-state index contributed by atoms with van der Waals surface area (Å²) in [7, 11) is 0. The van der Waals surface area contributed by atoms with E-state index < -0.39 is 29.9 Å². The third kappa shape index (κ3) is 4.07. The molecular formula is C17H17F3N4O4. The SMILES string of the molecule is NC(=O)c1cnc2[nH]ccc2c1NC1CCC(C(=O)OC(=O)C(F)(F)F)CC1. The molecule has 1 amide bonds. The number of aromatic amines is 1. The number of fused-ring (bicyclic) bond motifs is 1. The number of anilines is 1. The van der Waals surface area contributed by atoms with E-state index in [9.17, 15) is 27.6 Å². The second kappa shape index (κ2) is 7.49. The molecule has 0 bridgehead atoms. The summed E-state index contributed by atoms with van der Waals surface area (Å²) in [4.78, 5) is 41.3. The van der Waals surface area contributed by atoms with Gasteiger partial charge in [0.2, 0.25) is 0 Å². The van der Waals surface area contributed by atoms with Crippen molar-refractivity contribution in [3.05, 3.63) is 24.0 Å². The molecule has 1 aliphatic carbocycles. The number of nitrogens with zero attached hydrogens (tertiary/aromatic N) is 1. The number of alkyl halides is 3. The van der Waals surface area contributed by atoms with Crippen LogP contribution in [0.4, 0.5) is 18.9 Å². The Morgan fingerprint density at radius 3 is 2.50 bits per heavy atom. The number of nitrogens with one attached hydrogen (secondary N) is 2. The minimum Gasteiger partial charge on any atom is -0.386 e. The molecule has 8 nitrogen and oxygen atoms in total. The molecule has 0 aliphatic heterocycles. The Kier molecular flexibility index (Phi) is 5.25. The molecule has 1 saturated carbocycles. The number of esters is 2. The zero-order valence-electron chi connectivity index (χ0n) is 14.5. The number of amides is 1. The lowest BCUT2D eigenvalue weighted by Crippen LogP contribution is -2.34. The van der Waals surface area contributed by atoms with Crippen LogP contribution in [-0.4, -0.2) is 40.0 Å². The fraction of sp³-hybridized carbons (Fsp3) is 0.412. The minimum atomic E-state index is -5.21. The maximum absolute atomic E-state index is 12.2. The van der Waals surface area contributed by atoms with E-state index in [0.29, 0.717) is 29.6 Å². The summed E-state index contributed by atoms with van der Waals surface area (Å²) in [6, 6.07) is 1.60. The largest absolute Gasteiger partial charge is 0.491 e. The van der Waals surface area contributed by atoms with Crippen molar-refractivity contribution in [1.82, 2.24) is 9.97 Å². The van der Waals surface area contributed by atoms with Crippen LogP contribution in [0, 0.1) is 5.92 Å². The molecule has 4 N–H and O–H groups in total. The van der Waals surface area contributed by atoms with Crippen molar-refractivity contribution in [2.45, 2.75) is 37.9 Å². The number of hydrogen-bond donors (Lipinski definition) is 3. The number of halogens is 3. The lowest BCUT2D eigenvalue weighted by molar-refractivity contribution is -0.203. The Balaban J connectivity index is 1.65. The van der Waals surface area contributed by atoms with E-state index in [4.69, 9.17) is 5.73 Å². The van der Waals surface area contributed by atoms with E-state index in [1.54, 1.807) is 12.3 Å². The first kappa shape index (κ1) is 19.6. The van der Waals surface area contributed by atoms with Gasteiger partial charge in [-0.1, -0.05) is 0 Å². The van der Waals surface area contributed by atoms with Crippen LogP contribution in [0.5, 0.6) is 0 Å². The number of H-pyrrole nitrogens is 1. The molecule has 0 unspecified atom stereocenters. The van der Waals surface area contributed by atoms with E-state index in [-0.39, 0.29) is 24.4 Å². The standard InChI is InChI=1S/C17H17F3N4O4/c18-17(19,20)16(27)28-15(26)8-1-3-9(4-2-8)24-12-10-5-6-22-14(10)23-7-11(12)13(21)25/h5-9H,1-4H2,(H2,21,25)(H2,22,23,24). The first-order valence-electron chi connectivity index (χ1n) is 8.52. The topological polar surface area (TPSA) is 127 Å². The normalized spacial score (nSPS) is 20.0. The minimum absolute atomic E-state index is 0.138. The summed E-state index contributed by atoms with van der Waals surface area (Å²) in [5, 5.41) is 3.90. The number of carbonyl (C=O) groups excluding carboxylic acids is 3. The van der Waals surface area contributed by atoms with Gasteiger partial charge in [-0.2, -0.15) is 13.2 Å². The molecule has 2 heterocycles. The number of primary amides is 1. The van der Waals surface area contributed by atoms with Gasteiger partial charge < -0.3 is 20.8 Å². The Labute approximate surface area is 156 Å². The fourth-order valence-corrected chi connectivity index (χ4v) is 3.26. The number of rotatable bonds is 4. The van der Waals surface area contributed by atoms with Crippen LogP contribution in [0.3, 0.4) is 0 Å².